The van der Waals surface area contributed by atoms with Crippen LogP contribution in [0.4, 0.5) is 0 Å². The molecule has 2 aliphatic rings. The highest BCUT2D eigenvalue weighted by Crippen LogP contribution is 2.28. The average Bonchev–Trinajstić information content (AvgIpc) is 1.70. The number of aliphatic carboxylic acids is 1. The number of nitrogens with zero attached hydrogens (tertiary/aromatic N) is 2. The molecule has 0 spiro atoms. The zero-order valence-corrected chi connectivity index (χ0v) is 65.1. The number of nitrogens with one attached hydrogen (secondary N) is 11. The highest BCUT2D eigenvalue weighted by molar-refractivity contribution is 6.01. The number of carboxylic acid groups (broad SMARTS) is 1. The van der Waals surface area contributed by atoms with Gasteiger partial charge in [0, 0.05) is 96.5 Å². The van der Waals surface area contributed by atoms with Gasteiger partial charge in [0.1, 0.15) is 60.4 Å². The number of fused-ring (bicyclic) bond motifs is 3. The molecule has 0 radical (unpaired) electrons. The normalized spacial score (nSPS) is 16.5. The van der Waals surface area contributed by atoms with E-state index in [4.69, 9.17) is 28.7 Å². The van der Waals surface area contributed by atoms with Crippen LogP contribution in [0.2, 0.25) is 0 Å². The lowest BCUT2D eigenvalue weighted by Crippen LogP contribution is -2.61. The number of rotatable bonds is 45. The van der Waals surface area contributed by atoms with Crippen LogP contribution in [-0.2, 0) is 84.8 Å². The van der Waals surface area contributed by atoms with E-state index in [1.54, 1.807) is 61.1 Å². The van der Waals surface area contributed by atoms with E-state index in [1.165, 1.54) is 9.80 Å². The Kier molecular flexibility index (Phi) is 32.4. The SMILES string of the molecule is NCCCC[C@H](NC(=O)[C@H](CCCCN)NC(=O)[C@H](Cc1ccccc1)NC(=O)[C@@H]1CCCN1C(=O)[C@H](Cc1c[nH]c2ccccc12)NC(=O)[C@H](Cc1c[nH]c2ccccc12)NC(=O)[C@H](Cc1c[nH]c2ccccc12)NC(=O)[C@@H]1CCCN1C(=O)[C@H](Cc1ccccc1)NC(=O)[C@H](CCCCN)NC(=O)[C@@H](N)CCCCN)C(=O)O. The van der Waals surface area contributed by atoms with Crippen LogP contribution in [0.5, 0.6) is 0 Å². The summed E-state index contributed by atoms with van der Waals surface area (Å²) in [6, 6.07) is 26.5. The van der Waals surface area contributed by atoms with Crippen LogP contribution < -0.4 is 71.2 Å². The van der Waals surface area contributed by atoms with Crippen LogP contribution in [0.15, 0.2) is 152 Å². The predicted octanol–water partition coefficient (Wildman–Crippen LogP) is 3.43. The van der Waals surface area contributed by atoms with Crippen LogP contribution in [0.25, 0.3) is 32.7 Å². The van der Waals surface area contributed by atoms with Gasteiger partial charge in [-0.3, -0.25) is 47.9 Å². The maximum atomic E-state index is 15.9. The Labute approximate surface area is 668 Å². The molecule has 614 valence electrons. The van der Waals surface area contributed by atoms with Gasteiger partial charge in [-0.15, -0.1) is 0 Å². The van der Waals surface area contributed by atoms with Crippen molar-refractivity contribution in [1.82, 2.24) is 67.3 Å². The molecule has 0 bridgehead atoms. The summed E-state index contributed by atoms with van der Waals surface area (Å²) in [5, 5.41) is 35.5. The molecular weight excluding hydrogens is 1470 g/mol. The number of unbranched alkanes of at least 4 members (excludes halogenated alkanes) is 4. The Balaban J connectivity index is 0.937. The Morgan fingerprint density at radius 3 is 1.07 bits per heavy atom. The van der Waals surface area contributed by atoms with E-state index in [9.17, 15) is 29.1 Å². The van der Waals surface area contributed by atoms with Gasteiger partial charge < -0.3 is 101 Å². The molecule has 5 aromatic carbocycles. The van der Waals surface area contributed by atoms with Crippen LogP contribution >= 0.6 is 0 Å². The molecule has 115 heavy (non-hydrogen) atoms. The minimum atomic E-state index is -1.47. The number of hydrogen-bond donors (Lipinski definition) is 17. The van der Waals surface area contributed by atoms with Gasteiger partial charge in [0.05, 0.1) is 6.04 Å². The predicted molar refractivity (Wildman–Crippen MR) is 438 cm³/mol. The molecule has 0 saturated carbocycles. The zero-order valence-electron chi connectivity index (χ0n) is 65.1. The molecule has 11 atom stereocenters. The van der Waals surface area contributed by atoms with Crippen molar-refractivity contribution in [3.05, 3.63) is 180 Å². The van der Waals surface area contributed by atoms with E-state index in [1.807, 2.05) is 91.0 Å². The number of carbonyl (C=O) groups excluding carboxylic acids is 10. The molecule has 30 heteroatoms. The summed E-state index contributed by atoms with van der Waals surface area (Å²) in [4.78, 5) is 175. The first kappa shape index (κ1) is 86.1. The summed E-state index contributed by atoms with van der Waals surface area (Å²) in [6.07, 6.45) is 10.7. The van der Waals surface area contributed by atoms with E-state index in [-0.39, 0.29) is 77.3 Å². The third-order valence-electron chi connectivity index (χ3n) is 21.7. The van der Waals surface area contributed by atoms with Gasteiger partial charge in [0.25, 0.3) is 0 Å². The highest BCUT2D eigenvalue weighted by atomic mass is 16.4. The van der Waals surface area contributed by atoms with Crippen LogP contribution in [0, 0.1) is 0 Å². The van der Waals surface area contributed by atoms with Crippen molar-refractivity contribution in [3.8, 4) is 0 Å². The molecule has 3 aromatic heterocycles. The fraction of sp³-hybridized carbons (Fsp3) is 0.447. The number of carboxylic acids is 1. The number of H-pyrrole nitrogens is 3. The van der Waals surface area contributed by atoms with Crippen molar-refractivity contribution in [2.24, 2.45) is 28.7 Å². The second-order valence-electron chi connectivity index (χ2n) is 30.0. The lowest BCUT2D eigenvalue weighted by molar-refractivity contribution is -0.143. The van der Waals surface area contributed by atoms with Crippen molar-refractivity contribution in [3.63, 3.8) is 0 Å². The van der Waals surface area contributed by atoms with Crippen molar-refractivity contribution < 1.29 is 57.8 Å². The molecular formula is C85H112N18O12. The number of likely N-dealkylation sites (tertiary alicyclic amines) is 2. The Morgan fingerprint density at radius 1 is 0.357 bits per heavy atom. The number of aromatic amines is 3. The van der Waals surface area contributed by atoms with E-state index in [0.717, 1.165) is 32.7 Å². The van der Waals surface area contributed by atoms with Gasteiger partial charge in [-0.1, -0.05) is 122 Å². The number of amides is 10. The first-order chi connectivity index (χ1) is 55.7. The zero-order chi connectivity index (χ0) is 81.8. The van der Waals surface area contributed by atoms with Crippen LogP contribution in [0.1, 0.15) is 131 Å². The van der Waals surface area contributed by atoms with Crippen molar-refractivity contribution in [1.29, 1.82) is 0 Å². The number of carbonyl (C=O) groups is 11. The second kappa shape index (κ2) is 43.3. The second-order valence-corrected chi connectivity index (χ2v) is 30.0. The summed E-state index contributed by atoms with van der Waals surface area (Å²) >= 11 is 0. The summed E-state index contributed by atoms with van der Waals surface area (Å²) in [7, 11) is 0. The number of hydrogen-bond acceptors (Lipinski definition) is 16. The number of para-hydroxylation sites is 3. The van der Waals surface area contributed by atoms with Gasteiger partial charge in [-0.25, -0.2) is 4.79 Å². The van der Waals surface area contributed by atoms with E-state index >= 15 is 28.8 Å². The fourth-order valence-corrected chi connectivity index (χ4v) is 15.4. The molecule has 0 aliphatic carbocycles. The first-order valence-electron chi connectivity index (χ1n) is 40.3. The standard InChI is InChI=1S/C85H112N18O12/c86-39-17-13-30-61(90)75(104)94-65(34-14-18-40-87)77(106)100-71(46-54-25-5-2-6-26-54)83(112)102-43-21-38-74(102)82(111)99-70(48-56-51-92-63-32-11-8-28-59(56)63)79(108)97-69(47-55-50-91-62-31-10-7-27-58(55)62)80(109)101-72(49-57-52-93-64-33-12-9-29-60(57)64)84(113)103-44-22-37-73(103)81(110)98-68(45-53-23-3-1-4-24-53)78(107)95-66(35-15-19-41-88)76(105)96-67(85(114)115)36-16-20-42-89/h1-12,23-29,31-33,50-52,61,65-74,91-93H,13-22,30,34-49,86-90H2,(H,94,104)(H,95,107)(H,96,105)(H,97,108)(H,98,110)(H,99,111)(H,100,106)(H,101,109)(H,114,115)/t61-,65-,66-,67-,68-,69-,70-,71-,72-,73-,74-/m0/s1. The molecule has 22 N–H and O–H groups in total. The van der Waals surface area contributed by atoms with Crippen molar-refractivity contribution in [2.45, 2.75) is 201 Å². The smallest absolute Gasteiger partial charge is 0.326 e. The monoisotopic (exact) mass is 1580 g/mol. The topological polar surface area (TPSA) is 488 Å². The molecule has 2 fully saturated rings. The quantitative estimate of drug-likeness (QED) is 0.0243. The fourth-order valence-electron chi connectivity index (χ4n) is 15.4. The number of aromatic nitrogens is 3. The Hall–Kier alpha value is -11.3. The summed E-state index contributed by atoms with van der Waals surface area (Å²) in [5.74, 6) is -8.08. The average molecular weight is 1580 g/mol. The molecule has 10 rings (SSSR count). The molecule has 2 saturated heterocycles. The Morgan fingerprint density at radius 2 is 0.661 bits per heavy atom. The first-order valence-corrected chi connectivity index (χ1v) is 40.3. The lowest BCUT2D eigenvalue weighted by Gasteiger charge is -2.32. The minimum Gasteiger partial charge on any atom is -0.480 e. The van der Waals surface area contributed by atoms with Gasteiger partial charge >= 0.3 is 5.97 Å². The summed E-state index contributed by atoms with van der Waals surface area (Å²) in [6.45, 7) is 1.56. The van der Waals surface area contributed by atoms with Crippen molar-refractivity contribution >= 4 is 97.7 Å². The van der Waals surface area contributed by atoms with Crippen LogP contribution in [-0.4, -0.2) is 201 Å². The molecule has 5 heterocycles. The molecule has 30 nitrogen and oxygen atoms in total. The molecule has 2 aliphatic heterocycles. The maximum Gasteiger partial charge on any atom is 0.326 e. The highest BCUT2D eigenvalue weighted by Gasteiger charge is 2.43. The van der Waals surface area contributed by atoms with Crippen molar-refractivity contribution in [2.75, 3.05) is 39.3 Å². The number of benzene rings is 5. The van der Waals surface area contributed by atoms with Gasteiger partial charge in [-0.05, 0) is 169 Å². The molecule has 0 unspecified atom stereocenters. The molecule has 10 amide bonds. The lowest BCUT2D eigenvalue weighted by atomic mass is 9.99. The van der Waals surface area contributed by atoms with Gasteiger partial charge in [-0.2, -0.15) is 0 Å². The van der Waals surface area contributed by atoms with Gasteiger partial charge in [0.2, 0.25) is 59.1 Å². The minimum absolute atomic E-state index is 0.0144. The summed E-state index contributed by atoms with van der Waals surface area (Å²) in [5.41, 5.74) is 34.9. The van der Waals surface area contributed by atoms with E-state index < -0.39 is 132 Å². The van der Waals surface area contributed by atoms with E-state index in [0.29, 0.717) is 125 Å². The number of nitrogens with two attached hydrogens (primary N) is 5. The third-order valence-corrected chi connectivity index (χ3v) is 21.7. The third kappa shape index (κ3) is 23.9. The largest absolute Gasteiger partial charge is 0.480 e. The maximum absolute atomic E-state index is 15.9. The van der Waals surface area contributed by atoms with Crippen LogP contribution in [0.3, 0.4) is 0 Å². The summed E-state index contributed by atoms with van der Waals surface area (Å²) < 4.78 is 0. The molecule has 8 aromatic rings. The Bertz CT molecular complexity index is 4590. The van der Waals surface area contributed by atoms with Gasteiger partial charge in [0.15, 0.2) is 0 Å². The van der Waals surface area contributed by atoms with E-state index in [2.05, 4.69) is 57.5 Å².